The van der Waals surface area contributed by atoms with E-state index in [1.54, 1.807) is 0 Å². The Balaban J connectivity index is 1.42. The smallest absolute Gasteiger partial charge is 0.122 e. The van der Waals surface area contributed by atoms with Gasteiger partial charge in [-0.25, -0.2) is 0 Å². The number of piperidine rings is 1. The Labute approximate surface area is 127 Å². The Bertz CT molecular complexity index is 456. The van der Waals surface area contributed by atoms with Crippen LogP contribution in [0.3, 0.4) is 0 Å². The number of rotatable bonds is 6. The van der Waals surface area contributed by atoms with Crippen LogP contribution in [-0.2, 0) is 17.6 Å². The van der Waals surface area contributed by atoms with Crippen LogP contribution in [-0.4, -0.2) is 50.4 Å². The van der Waals surface area contributed by atoms with E-state index in [2.05, 4.69) is 23.1 Å². The number of fused-ring (bicyclic) bond motifs is 1. The fraction of sp³-hybridized carbons (Fsp3) is 0.647. The molecular formula is C17H26N2O2. The van der Waals surface area contributed by atoms with Gasteiger partial charge in [0.05, 0.1) is 19.3 Å². The lowest BCUT2D eigenvalue weighted by Crippen LogP contribution is -2.38. The zero-order valence-corrected chi connectivity index (χ0v) is 12.7. The fourth-order valence-electron chi connectivity index (χ4n) is 3.22. The van der Waals surface area contributed by atoms with Crippen LogP contribution >= 0.6 is 0 Å². The quantitative estimate of drug-likeness (QED) is 0.864. The van der Waals surface area contributed by atoms with E-state index in [4.69, 9.17) is 15.2 Å². The molecule has 1 aromatic rings. The second-order valence-electron chi connectivity index (χ2n) is 5.99. The highest BCUT2D eigenvalue weighted by molar-refractivity contribution is 5.39. The number of likely N-dealkylation sites (tertiary alicyclic amines) is 1. The van der Waals surface area contributed by atoms with Gasteiger partial charge in [0.15, 0.2) is 0 Å². The first-order valence-electron chi connectivity index (χ1n) is 8.14. The summed E-state index contributed by atoms with van der Waals surface area (Å²) in [5.41, 5.74) is 8.29. The van der Waals surface area contributed by atoms with E-state index in [0.29, 0.717) is 19.3 Å². The Morgan fingerprint density at radius 1 is 1.29 bits per heavy atom. The lowest BCUT2D eigenvalue weighted by atomic mass is 10.0. The highest BCUT2D eigenvalue weighted by Gasteiger charge is 2.19. The molecule has 0 spiro atoms. The van der Waals surface area contributed by atoms with E-state index in [1.165, 1.54) is 11.1 Å². The van der Waals surface area contributed by atoms with Crippen LogP contribution in [0.2, 0.25) is 0 Å². The van der Waals surface area contributed by atoms with Gasteiger partial charge in [-0.05, 0) is 36.5 Å². The predicted octanol–water partition coefficient (Wildman–Crippen LogP) is 1.60. The van der Waals surface area contributed by atoms with Gasteiger partial charge < -0.3 is 20.1 Å². The summed E-state index contributed by atoms with van der Waals surface area (Å²) in [4.78, 5) is 2.55. The van der Waals surface area contributed by atoms with Gasteiger partial charge in [-0.1, -0.05) is 12.1 Å². The van der Waals surface area contributed by atoms with E-state index in [0.717, 1.165) is 57.7 Å². The molecule has 0 atom stereocenters. The maximum atomic E-state index is 5.73. The van der Waals surface area contributed by atoms with Crippen molar-refractivity contribution in [1.82, 2.24) is 4.90 Å². The van der Waals surface area contributed by atoms with Crippen LogP contribution in [0, 0.1) is 0 Å². The molecule has 116 valence electrons. The molecule has 0 bridgehead atoms. The average Bonchev–Trinajstić information content (AvgIpc) is 2.99. The zero-order chi connectivity index (χ0) is 14.5. The van der Waals surface area contributed by atoms with Crippen LogP contribution in [0.4, 0.5) is 0 Å². The molecule has 0 aromatic heterocycles. The van der Waals surface area contributed by atoms with Crippen molar-refractivity contribution < 1.29 is 9.47 Å². The molecule has 1 saturated heterocycles. The molecule has 0 unspecified atom stereocenters. The van der Waals surface area contributed by atoms with Crippen molar-refractivity contribution in [2.75, 3.05) is 39.4 Å². The first-order valence-corrected chi connectivity index (χ1v) is 8.14. The first kappa shape index (κ1) is 14.8. The van der Waals surface area contributed by atoms with Gasteiger partial charge in [-0.3, -0.25) is 0 Å². The minimum Gasteiger partial charge on any atom is -0.493 e. The van der Waals surface area contributed by atoms with Gasteiger partial charge >= 0.3 is 0 Å². The summed E-state index contributed by atoms with van der Waals surface area (Å²) in [6.07, 6.45) is 4.88. The molecule has 1 aromatic carbocycles. The summed E-state index contributed by atoms with van der Waals surface area (Å²) >= 11 is 0. The molecule has 2 heterocycles. The summed E-state index contributed by atoms with van der Waals surface area (Å²) in [7, 11) is 0. The fourth-order valence-corrected chi connectivity index (χ4v) is 3.22. The molecule has 3 rings (SSSR count). The van der Waals surface area contributed by atoms with Crippen molar-refractivity contribution in [3.8, 4) is 5.75 Å². The number of hydrogen-bond acceptors (Lipinski definition) is 4. The minimum absolute atomic E-state index is 0.418. The third kappa shape index (κ3) is 3.96. The molecule has 0 saturated carbocycles. The lowest BCUT2D eigenvalue weighted by molar-refractivity contribution is 0.0118. The van der Waals surface area contributed by atoms with Gasteiger partial charge in [0.2, 0.25) is 0 Å². The van der Waals surface area contributed by atoms with Gasteiger partial charge in [-0.15, -0.1) is 0 Å². The summed E-state index contributed by atoms with van der Waals surface area (Å²) in [6, 6.07) is 6.66. The molecule has 2 aliphatic heterocycles. The molecule has 2 aliphatic rings. The van der Waals surface area contributed by atoms with Crippen LogP contribution in [0.5, 0.6) is 5.75 Å². The van der Waals surface area contributed by atoms with Gasteiger partial charge in [0.1, 0.15) is 5.75 Å². The van der Waals surface area contributed by atoms with Crippen molar-refractivity contribution >= 4 is 0 Å². The Kier molecular flexibility index (Phi) is 5.12. The Morgan fingerprint density at radius 3 is 2.95 bits per heavy atom. The topological polar surface area (TPSA) is 47.7 Å². The maximum Gasteiger partial charge on any atom is 0.122 e. The van der Waals surface area contributed by atoms with Crippen LogP contribution < -0.4 is 10.5 Å². The van der Waals surface area contributed by atoms with E-state index < -0.39 is 0 Å². The first-order chi connectivity index (χ1) is 10.3. The van der Waals surface area contributed by atoms with Gasteiger partial charge in [-0.2, -0.15) is 0 Å². The van der Waals surface area contributed by atoms with E-state index >= 15 is 0 Å². The second-order valence-corrected chi connectivity index (χ2v) is 5.99. The van der Waals surface area contributed by atoms with E-state index in [9.17, 15) is 0 Å². The minimum atomic E-state index is 0.418. The monoisotopic (exact) mass is 290 g/mol. The standard InChI is InChI=1S/C17H26N2O2/c18-7-12-20-16-4-9-19(10-5-16)8-3-14-1-2-17-15(13-14)6-11-21-17/h1-2,13,16H,3-12,18H2. The van der Waals surface area contributed by atoms with Gasteiger partial charge in [0, 0.05) is 32.6 Å². The highest BCUT2D eigenvalue weighted by Crippen LogP contribution is 2.26. The third-order valence-corrected chi connectivity index (χ3v) is 4.48. The normalized spacial score (nSPS) is 19.5. The molecular weight excluding hydrogens is 264 g/mol. The van der Waals surface area contributed by atoms with Crippen LogP contribution in [0.1, 0.15) is 24.0 Å². The number of benzene rings is 1. The summed E-state index contributed by atoms with van der Waals surface area (Å²) < 4.78 is 11.3. The second kappa shape index (κ2) is 7.25. The molecule has 21 heavy (non-hydrogen) atoms. The Morgan fingerprint density at radius 2 is 2.14 bits per heavy atom. The average molecular weight is 290 g/mol. The predicted molar refractivity (Wildman–Crippen MR) is 83.8 cm³/mol. The highest BCUT2D eigenvalue weighted by atomic mass is 16.5. The number of ether oxygens (including phenoxy) is 2. The molecule has 1 fully saturated rings. The van der Waals surface area contributed by atoms with Crippen molar-refractivity contribution in [1.29, 1.82) is 0 Å². The van der Waals surface area contributed by atoms with Crippen molar-refractivity contribution in [3.05, 3.63) is 29.3 Å². The largest absolute Gasteiger partial charge is 0.493 e. The summed E-state index contributed by atoms with van der Waals surface area (Å²) in [5, 5.41) is 0. The Hall–Kier alpha value is -1.10. The molecule has 0 aliphatic carbocycles. The molecule has 0 radical (unpaired) electrons. The van der Waals surface area contributed by atoms with Crippen LogP contribution in [0.15, 0.2) is 18.2 Å². The SMILES string of the molecule is NCCOC1CCN(CCc2ccc3c(c2)CCO3)CC1. The van der Waals surface area contributed by atoms with Crippen LogP contribution in [0.25, 0.3) is 0 Å². The zero-order valence-electron chi connectivity index (χ0n) is 12.7. The number of nitrogens with zero attached hydrogens (tertiary/aromatic N) is 1. The van der Waals surface area contributed by atoms with Crippen molar-refractivity contribution in [2.24, 2.45) is 5.73 Å². The molecule has 2 N–H and O–H groups in total. The molecule has 4 heteroatoms. The van der Waals surface area contributed by atoms with Crippen molar-refractivity contribution in [2.45, 2.75) is 31.8 Å². The van der Waals surface area contributed by atoms with E-state index in [1.807, 2.05) is 0 Å². The maximum absolute atomic E-state index is 5.73. The van der Waals surface area contributed by atoms with Crippen molar-refractivity contribution in [3.63, 3.8) is 0 Å². The number of hydrogen-bond donors (Lipinski definition) is 1. The summed E-state index contributed by atoms with van der Waals surface area (Å²) in [5.74, 6) is 1.08. The number of nitrogens with two attached hydrogens (primary N) is 1. The third-order valence-electron chi connectivity index (χ3n) is 4.48. The summed E-state index contributed by atoms with van der Waals surface area (Å²) in [6.45, 7) is 5.59. The molecule has 4 nitrogen and oxygen atoms in total. The van der Waals surface area contributed by atoms with E-state index in [-0.39, 0.29) is 0 Å². The van der Waals surface area contributed by atoms with Gasteiger partial charge in [0.25, 0.3) is 0 Å². The lowest BCUT2D eigenvalue weighted by Gasteiger charge is -2.31. The molecule has 0 amide bonds.